The van der Waals surface area contributed by atoms with Gasteiger partial charge in [0.15, 0.2) is 0 Å². The van der Waals surface area contributed by atoms with Crippen LogP contribution in [-0.2, 0) is 29.0 Å². The first-order valence-corrected chi connectivity index (χ1v) is 9.27. The first-order chi connectivity index (χ1) is 14.0. The van der Waals surface area contributed by atoms with Crippen LogP contribution in [0.4, 0.5) is 22.0 Å². The first kappa shape index (κ1) is 25.6. The van der Waals surface area contributed by atoms with Gasteiger partial charge in [0.05, 0.1) is 22.3 Å². The third-order valence-electron chi connectivity index (χ3n) is 4.21. The van der Waals surface area contributed by atoms with Gasteiger partial charge in [0, 0.05) is 12.1 Å². The van der Waals surface area contributed by atoms with Crippen molar-refractivity contribution < 1.29 is 36.3 Å². The van der Waals surface area contributed by atoms with Crippen LogP contribution in [0.2, 0.25) is 5.02 Å². The molecule has 0 saturated carbocycles. The number of alkyl halides is 5. The van der Waals surface area contributed by atoms with Crippen LogP contribution < -0.4 is 4.74 Å². The number of carbonyl (C=O) groups excluding carboxylic acids is 2. The maximum absolute atomic E-state index is 12.9. The third kappa shape index (κ3) is 6.53. The Morgan fingerprint density at radius 2 is 1.83 bits per heavy atom. The van der Waals surface area contributed by atoms with Gasteiger partial charge in [-0.2, -0.15) is 36.6 Å². The molecule has 11 heteroatoms. The quantitative estimate of drug-likeness (QED) is 0.515. The average Bonchev–Trinajstić information content (AvgIpc) is 2.97. The topological polar surface area (TPSA) is 61.2 Å². The standard InChI is InChI=1S/C18H20ClF5N2O.CO2/c1-4-13-15(19)16(26(5-2)25-13)12-7-6-11(8-10(3)18(22,23)24)9-14(12)27-17(20)21;2-1-3/h6-7,9-10,17H,4-5,8H2,1-3H3;/t10-;/m1./s1. The summed E-state index contributed by atoms with van der Waals surface area (Å²) in [5, 5.41) is 4.65. The van der Waals surface area contributed by atoms with Gasteiger partial charge in [0.25, 0.3) is 0 Å². The predicted molar refractivity (Wildman–Crippen MR) is 98.3 cm³/mol. The molecule has 30 heavy (non-hydrogen) atoms. The van der Waals surface area contributed by atoms with E-state index in [4.69, 9.17) is 21.2 Å². The average molecular weight is 455 g/mol. The summed E-state index contributed by atoms with van der Waals surface area (Å²) in [7, 11) is 0. The van der Waals surface area contributed by atoms with Gasteiger partial charge >= 0.3 is 18.9 Å². The van der Waals surface area contributed by atoms with Crippen molar-refractivity contribution in [2.75, 3.05) is 0 Å². The summed E-state index contributed by atoms with van der Waals surface area (Å²) in [4.78, 5) is 16.2. The van der Waals surface area contributed by atoms with E-state index in [0.29, 0.717) is 29.4 Å². The van der Waals surface area contributed by atoms with Gasteiger partial charge in [-0.15, -0.1) is 0 Å². The van der Waals surface area contributed by atoms with Crippen molar-refractivity contribution in [1.29, 1.82) is 0 Å². The fourth-order valence-electron chi connectivity index (χ4n) is 2.75. The summed E-state index contributed by atoms with van der Waals surface area (Å²) in [6.07, 6.45) is -3.92. The van der Waals surface area contributed by atoms with E-state index < -0.39 is 18.7 Å². The molecule has 0 fully saturated rings. The van der Waals surface area contributed by atoms with Gasteiger partial charge in [-0.05, 0) is 37.5 Å². The third-order valence-corrected chi connectivity index (χ3v) is 4.61. The van der Waals surface area contributed by atoms with E-state index in [1.54, 1.807) is 4.68 Å². The monoisotopic (exact) mass is 454 g/mol. The van der Waals surface area contributed by atoms with Crippen molar-refractivity contribution >= 4 is 17.8 Å². The van der Waals surface area contributed by atoms with Crippen molar-refractivity contribution in [3.63, 3.8) is 0 Å². The summed E-state index contributed by atoms with van der Waals surface area (Å²) in [5.41, 5.74) is 1.51. The van der Waals surface area contributed by atoms with Crippen LogP contribution in [0.1, 0.15) is 32.0 Å². The molecule has 0 aliphatic rings. The fourth-order valence-corrected chi connectivity index (χ4v) is 3.12. The SMILES string of the molecule is CCc1nn(CC)c(-c2ccc(C[C@@H](C)C(F)(F)F)cc2OC(F)F)c1Cl.O=C=O. The highest BCUT2D eigenvalue weighted by Gasteiger charge is 2.36. The number of aromatic nitrogens is 2. The number of benzene rings is 1. The lowest BCUT2D eigenvalue weighted by Crippen LogP contribution is -2.21. The van der Waals surface area contributed by atoms with Crippen LogP contribution in [-0.4, -0.2) is 28.7 Å². The maximum Gasteiger partial charge on any atom is 0.391 e. The molecule has 0 saturated heterocycles. The second-order valence-corrected chi connectivity index (χ2v) is 6.60. The zero-order valence-electron chi connectivity index (χ0n) is 16.4. The molecule has 1 heterocycles. The Hall–Kier alpha value is -2.45. The van der Waals surface area contributed by atoms with Gasteiger partial charge in [-0.1, -0.05) is 31.5 Å². The molecule has 0 unspecified atom stereocenters. The molecule has 1 atom stereocenters. The lowest BCUT2D eigenvalue weighted by atomic mass is 9.98. The lowest BCUT2D eigenvalue weighted by molar-refractivity contribution is -0.191. The zero-order chi connectivity index (χ0) is 23.1. The molecule has 0 spiro atoms. The molecule has 2 aromatic rings. The summed E-state index contributed by atoms with van der Waals surface area (Å²) < 4.78 is 70.4. The number of hydrogen-bond donors (Lipinski definition) is 0. The van der Waals surface area contributed by atoms with Crippen LogP contribution in [0.15, 0.2) is 18.2 Å². The summed E-state index contributed by atoms with van der Waals surface area (Å²) in [6.45, 7) is 2.03. The van der Waals surface area contributed by atoms with E-state index in [0.717, 1.165) is 6.92 Å². The molecule has 0 bridgehead atoms. The molecule has 0 amide bonds. The van der Waals surface area contributed by atoms with Gasteiger partial charge in [-0.25, -0.2) is 0 Å². The van der Waals surface area contributed by atoms with Gasteiger partial charge in [0.1, 0.15) is 5.75 Å². The Kier molecular flexibility index (Phi) is 9.45. The number of rotatable bonds is 7. The van der Waals surface area contributed by atoms with E-state index in [1.807, 2.05) is 13.8 Å². The fraction of sp³-hybridized carbons (Fsp3) is 0.474. The minimum atomic E-state index is -4.37. The van der Waals surface area contributed by atoms with Gasteiger partial charge in [0.2, 0.25) is 0 Å². The minimum Gasteiger partial charge on any atom is -0.434 e. The number of hydrogen-bond acceptors (Lipinski definition) is 4. The molecule has 2 rings (SSSR count). The van der Waals surface area contributed by atoms with E-state index in [-0.39, 0.29) is 29.4 Å². The van der Waals surface area contributed by atoms with E-state index in [2.05, 4.69) is 9.84 Å². The Labute approximate surface area is 174 Å². The van der Waals surface area contributed by atoms with Gasteiger partial charge in [-0.3, -0.25) is 4.68 Å². The Morgan fingerprint density at radius 1 is 1.23 bits per heavy atom. The van der Waals surface area contributed by atoms with Crippen LogP contribution in [0.3, 0.4) is 0 Å². The molecule has 5 nitrogen and oxygen atoms in total. The molecule has 0 aliphatic carbocycles. The van der Waals surface area contributed by atoms with E-state index >= 15 is 0 Å². The molecule has 0 aliphatic heterocycles. The summed E-state index contributed by atoms with van der Waals surface area (Å²) in [6, 6.07) is 4.12. The Morgan fingerprint density at radius 3 is 2.30 bits per heavy atom. The largest absolute Gasteiger partial charge is 0.434 e. The minimum absolute atomic E-state index is 0.226. The van der Waals surface area contributed by atoms with Crippen LogP contribution in [0.5, 0.6) is 5.75 Å². The highest BCUT2D eigenvalue weighted by Crippen LogP contribution is 2.39. The number of nitrogens with zero attached hydrogens (tertiary/aromatic N) is 2. The molecule has 0 radical (unpaired) electrons. The first-order valence-electron chi connectivity index (χ1n) is 8.89. The molecule has 166 valence electrons. The van der Waals surface area contributed by atoms with Crippen LogP contribution in [0, 0.1) is 5.92 Å². The number of aryl methyl sites for hydroxylation is 2. The van der Waals surface area contributed by atoms with Crippen molar-refractivity contribution in [3.8, 4) is 17.0 Å². The zero-order valence-corrected chi connectivity index (χ0v) is 17.2. The lowest BCUT2D eigenvalue weighted by Gasteiger charge is -2.18. The van der Waals surface area contributed by atoms with Crippen molar-refractivity contribution in [1.82, 2.24) is 9.78 Å². The summed E-state index contributed by atoms with van der Waals surface area (Å²) in [5.74, 6) is -1.84. The van der Waals surface area contributed by atoms with Crippen LogP contribution >= 0.6 is 11.6 Å². The predicted octanol–water partition coefficient (Wildman–Crippen LogP) is 5.54. The maximum atomic E-state index is 12.9. The van der Waals surface area contributed by atoms with E-state index in [1.165, 1.54) is 18.2 Å². The molecular formula is C19H20ClF5N2O3. The normalized spacial score (nSPS) is 12.2. The van der Waals surface area contributed by atoms with Gasteiger partial charge < -0.3 is 4.74 Å². The molecule has 1 aromatic heterocycles. The van der Waals surface area contributed by atoms with Crippen LogP contribution in [0.25, 0.3) is 11.3 Å². The van der Waals surface area contributed by atoms with Crippen molar-refractivity contribution in [2.24, 2.45) is 5.92 Å². The smallest absolute Gasteiger partial charge is 0.391 e. The van der Waals surface area contributed by atoms with E-state index in [9.17, 15) is 22.0 Å². The molecular weight excluding hydrogens is 435 g/mol. The molecule has 0 N–H and O–H groups in total. The number of halogens is 6. The highest BCUT2D eigenvalue weighted by atomic mass is 35.5. The second-order valence-electron chi connectivity index (χ2n) is 6.22. The van der Waals surface area contributed by atoms with Crippen molar-refractivity contribution in [2.45, 2.75) is 52.9 Å². The molecule has 1 aromatic carbocycles. The summed E-state index contributed by atoms with van der Waals surface area (Å²) >= 11 is 6.36. The highest BCUT2D eigenvalue weighted by molar-refractivity contribution is 6.33. The number of ether oxygens (including phenoxy) is 1. The Balaban J connectivity index is 0.00000141. The second kappa shape index (κ2) is 11.1. The van der Waals surface area contributed by atoms with Crippen molar-refractivity contribution in [3.05, 3.63) is 34.5 Å². The Bertz CT molecular complexity index is 878.